The molecule has 0 aromatic rings. The van der Waals surface area contributed by atoms with Crippen LogP contribution in [0.1, 0.15) is 38.5 Å². The van der Waals surface area contributed by atoms with E-state index in [1.807, 2.05) is 32.1 Å². The van der Waals surface area contributed by atoms with Gasteiger partial charge in [0.15, 0.2) is 0 Å². The Labute approximate surface area is 123 Å². The normalized spacial score (nSPS) is 17.6. The van der Waals surface area contributed by atoms with E-state index in [4.69, 9.17) is 9.30 Å². The minimum absolute atomic E-state index is 0. The molecule has 18 heavy (non-hydrogen) atoms. The van der Waals surface area contributed by atoms with Crippen LogP contribution in [0, 0.1) is 58.2 Å². The molecule has 2 nitrogen and oxygen atoms in total. The Morgan fingerprint density at radius 1 is 0.556 bits per heavy atom. The zero-order chi connectivity index (χ0) is 13.2. The van der Waals surface area contributed by atoms with Gasteiger partial charge in [-0.15, -0.1) is 0 Å². The second-order valence-electron chi connectivity index (χ2n) is 3.43. The molecule has 0 aromatic carbocycles. The molecule has 2 aliphatic rings. The summed E-state index contributed by atoms with van der Waals surface area (Å²) < 4.78 is 15.0. The third-order valence-corrected chi connectivity index (χ3v) is 2.21. The van der Waals surface area contributed by atoms with Gasteiger partial charge in [-0.05, 0) is 57.8 Å². The van der Waals surface area contributed by atoms with E-state index in [9.17, 15) is 0 Å². The first-order valence-electron chi connectivity index (χ1n) is 5.72. The zero-order valence-electron chi connectivity index (χ0n) is 10.5. The third-order valence-electron chi connectivity index (χ3n) is 2.21. The average molecular weight is 286 g/mol. The van der Waals surface area contributed by atoms with E-state index in [1.54, 1.807) is 0 Å². The van der Waals surface area contributed by atoms with Crippen LogP contribution >= 0.6 is 0 Å². The van der Waals surface area contributed by atoms with E-state index in [2.05, 4.69) is 26.1 Å². The van der Waals surface area contributed by atoms with E-state index in [1.165, 1.54) is 38.5 Å². The van der Waals surface area contributed by atoms with Crippen LogP contribution in [0.3, 0.4) is 0 Å². The fourth-order valence-electron chi connectivity index (χ4n) is 1.43. The summed E-state index contributed by atoms with van der Waals surface area (Å²) in [6, 6.07) is 0. The Hall–Kier alpha value is -0.000519. The first-order valence-corrected chi connectivity index (χ1v) is 5.72. The van der Waals surface area contributed by atoms with Gasteiger partial charge in [0, 0.05) is 17.1 Å². The molecule has 0 aliphatic heterocycles. The van der Waals surface area contributed by atoms with Gasteiger partial charge in [-0.1, -0.05) is 25.7 Å². The Morgan fingerprint density at radius 3 is 1.11 bits per heavy atom. The SMILES string of the molecule is [C-]#[O+].[C-]#[O+].[CH]1[CH]CCCCCC1.[CH]1[CH][CH][CH][CH]1.[Mn]. The molecular formula is C15H19MnO2. The molecule has 2 aliphatic carbocycles. The first kappa shape index (κ1) is 23.1. The molecule has 0 atom stereocenters. The van der Waals surface area contributed by atoms with Crippen molar-refractivity contribution in [1.82, 2.24) is 0 Å². The van der Waals surface area contributed by atoms with Crippen LogP contribution in [-0.2, 0) is 26.4 Å². The second kappa shape index (κ2) is 25.8. The van der Waals surface area contributed by atoms with Crippen molar-refractivity contribution in [2.45, 2.75) is 38.5 Å². The van der Waals surface area contributed by atoms with Gasteiger partial charge >= 0.3 is 22.6 Å². The molecule has 0 amide bonds. The summed E-state index contributed by atoms with van der Waals surface area (Å²) in [5.41, 5.74) is 0. The summed E-state index contributed by atoms with van der Waals surface area (Å²) in [5.74, 6) is 0. The van der Waals surface area contributed by atoms with Crippen molar-refractivity contribution in [3.8, 4) is 0 Å². The summed E-state index contributed by atoms with van der Waals surface area (Å²) >= 11 is 0. The van der Waals surface area contributed by atoms with Crippen LogP contribution in [-0.4, -0.2) is 0 Å². The molecule has 98 valence electrons. The Bertz CT molecular complexity index is 125. The Kier molecular flexibility index (Phi) is 33.1. The Morgan fingerprint density at radius 2 is 0.833 bits per heavy atom. The van der Waals surface area contributed by atoms with Crippen molar-refractivity contribution < 1.29 is 26.4 Å². The van der Waals surface area contributed by atoms with Gasteiger partial charge in [0.2, 0.25) is 0 Å². The van der Waals surface area contributed by atoms with Crippen molar-refractivity contribution in [2.75, 3.05) is 0 Å². The van der Waals surface area contributed by atoms with Gasteiger partial charge in [0.1, 0.15) is 0 Å². The molecule has 3 heteroatoms. The number of hydrogen-bond donors (Lipinski definition) is 0. The number of rotatable bonds is 0. The summed E-state index contributed by atoms with van der Waals surface area (Å²) in [6.07, 6.45) is 23.0. The van der Waals surface area contributed by atoms with Crippen LogP contribution in [0.5, 0.6) is 0 Å². The van der Waals surface area contributed by atoms with Crippen LogP contribution < -0.4 is 0 Å². The zero-order valence-corrected chi connectivity index (χ0v) is 11.7. The van der Waals surface area contributed by atoms with Gasteiger partial charge in [-0.2, -0.15) is 0 Å². The van der Waals surface area contributed by atoms with E-state index >= 15 is 0 Å². The predicted molar refractivity (Wildman–Crippen MR) is 65.7 cm³/mol. The Balaban J connectivity index is -0.000000196. The molecule has 0 heterocycles. The molecule has 2 fully saturated rings. The third kappa shape index (κ3) is 21.3. The van der Waals surface area contributed by atoms with Crippen LogP contribution in [0.15, 0.2) is 0 Å². The molecule has 0 spiro atoms. The van der Waals surface area contributed by atoms with Crippen LogP contribution in [0.4, 0.5) is 0 Å². The largest absolute Gasteiger partial charge is 0.0533 e. The molecule has 0 saturated heterocycles. The smallest absolute Gasteiger partial charge is 0 e. The van der Waals surface area contributed by atoms with Gasteiger partial charge in [-0.25, -0.2) is 0 Å². The van der Waals surface area contributed by atoms with Crippen molar-refractivity contribution in [2.24, 2.45) is 0 Å². The molecule has 2 saturated carbocycles. The molecular weight excluding hydrogens is 267 g/mol. The molecule has 0 bridgehead atoms. The summed E-state index contributed by atoms with van der Waals surface area (Å²) in [5, 5.41) is 0. The molecule has 8 radical (unpaired) electrons. The second-order valence-corrected chi connectivity index (χ2v) is 3.43. The van der Waals surface area contributed by atoms with Gasteiger partial charge in [-0.3, -0.25) is 0 Å². The van der Waals surface area contributed by atoms with Crippen molar-refractivity contribution in [3.05, 3.63) is 58.2 Å². The molecule has 0 N–H and O–H groups in total. The van der Waals surface area contributed by atoms with Crippen LogP contribution in [0.2, 0.25) is 0 Å². The monoisotopic (exact) mass is 286 g/mol. The maximum Gasteiger partial charge on any atom is 0 e. The maximum absolute atomic E-state index is 7.50. The van der Waals surface area contributed by atoms with Crippen molar-refractivity contribution in [1.29, 1.82) is 0 Å². The van der Waals surface area contributed by atoms with Gasteiger partial charge < -0.3 is 0 Å². The van der Waals surface area contributed by atoms with Crippen molar-refractivity contribution in [3.63, 3.8) is 0 Å². The molecule has 2 rings (SSSR count). The maximum atomic E-state index is 7.50. The van der Waals surface area contributed by atoms with E-state index in [-0.39, 0.29) is 17.1 Å². The minimum Gasteiger partial charge on any atom is -0.0533 e. The predicted octanol–water partition coefficient (Wildman–Crippen LogP) is 3.69. The van der Waals surface area contributed by atoms with Crippen molar-refractivity contribution >= 4 is 0 Å². The molecule has 0 unspecified atom stereocenters. The standard InChI is InChI=1S/C8H14.C5H5.2CO.Mn/c1-2-4-6-8-7-5-3-1;1-2-4-5-3-1;2*1-2;/h1-2H,3-8H2;1-5H;;;. The van der Waals surface area contributed by atoms with Crippen LogP contribution in [0.25, 0.3) is 0 Å². The average Bonchev–Trinajstić information content (AvgIpc) is 2.92. The van der Waals surface area contributed by atoms with Gasteiger partial charge in [0.05, 0.1) is 0 Å². The summed E-state index contributed by atoms with van der Waals surface area (Å²) in [4.78, 5) is 0. The minimum atomic E-state index is 0. The molecule has 0 aromatic heterocycles. The fourth-order valence-corrected chi connectivity index (χ4v) is 1.43. The quantitative estimate of drug-likeness (QED) is 0.370. The van der Waals surface area contributed by atoms with E-state index < -0.39 is 0 Å². The van der Waals surface area contributed by atoms with E-state index in [0.717, 1.165) is 0 Å². The first-order chi connectivity index (χ1) is 8.50. The fraction of sp³-hybridized carbons (Fsp3) is 0.400. The summed E-state index contributed by atoms with van der Waals surface area (Å²) in [7, 11) is 0. The number of hydrogen-bond acceptors (Lipinski definition) is 0. The topological polar surface area (TPSA) is 39.8 Å². The van der Waals surface area contributed by atoms with Gasteiger partial charge in [0.25, 0.3) is 0 Å². The van der Waals surface area contributed by atoms with E-state index in [0.29, 0.717) is 0 Å². The summed E-state index contributed by atoms with van der Waals surface area (Å²) in [6.45, 7) is 9.00.